The van der Waals surface area contributed by atoms with Gasteiger partial charge >= 0.3 is 0 Å². The predicted octanol–water partition coefficient (Wildman–Crippen LogP) is 2.86. The third-order valence-electron chi connectivity index (χ3n) is 5.22. The minimum Gasteiger partial charge on any atom is -0.486 e. The number of fused-ring (bicyclic) bond motifs is 2. The first-order valence-electron chi connectivity index (χ1n) is 10.0. The summed E-state index contributed by atoms with van der Waals surface area (Å²) in [5.41, 5.74) is 2.88. The molecule has 1 aliphatic rings. The molecule has 7 nitrogen and oxygen atoms in total. The van der Waals surface area contributed by atoms with Gasteiger partial charge in [0.05, 0.1) is 6.04 Å². The topological polar surface area (TPSA) is 92.5 Å². The van der Waals surface area contributed by atoms with Crippen molar-refractivity contribution in [3.63, 3.8) is 0 Å². The van der Waals surface area contributed by atoms with E-state index >= 15 is 0 Å². The summed E-state index contributed by atoms with van der Waals surface area (Å²) in [6.07, 6.45) is 2.28. The van der Waals surface area contributed by atoms with Crippen LogP contribution in [0.4, 0.5) is 0 Å². The predicted molar refractivity (Wildman–Crippen MR) is 114 cm³/mol. The Morgan fingerprint density at radius 3 is 2.63 bits per heavy atom. The van der Waals surface area contributed by atoms with E-state index in [4.69, 9.17) is 9.47 Å². The Labute approximate surface area is 174 Å². The van der Waals surface area contributed by atoms with Gasteiger partial charge in [0.2, 0.25) is 11.8 Å². The number of H-pyrrole nitrogens is 1. The van der Waals surface area contributed by atoms with Gasteiger partial charge in [-0.15, -0.1) is 0 Å². The SMILES string of the molecule is CC(=O)N[C@@H](Cc1c[nH]c2ccccc12)C(=O)N[C@H](C)c1ccc2c(c1)OCCO2. The second kappa shape index (κ2) is 8.49. The molecular weight excluding hydrogens is 382 g/mol. The average Bonchev–Trinajstić information content (AvgIpc) is 3.15. The van der Waals surface area contributed by atoms with Crippen molar-refractivity contribution in [2.75, 3.05) is 13.2 Å². The lowest BCUT2D eigenvalue weighted by Gasteiger charge is -2.23. The number of benzene rings is 2. The maximum Gasteiger partial charge on any atom is 0.243 e. The largest absolute Gasteiger partial charge is 0.486 e. The van der Waals surface area contributed by atoms with Crippen LogP contribution < -0.4 is 20.1 Å². The molecule has 0 unspecified atom stereocenters. The fraction of sp³-hybridized carbons (Fsp3) is 0.304. The smallest absolute Gasteiger partial charge is 0.243 e. The maximum absolute atomic E-state index is 13.0. The normalized spacial score (nSPS) is 14.7. The summed E-state index contributed by atoms with van der Waals surface area (Å²) >= 11 is 0. The molecular formula is C23H25N3O4. The first kappa shape index (κ1) is 19.8. The number of aromatic amines is 1. The van der Waals surface area contributed by atoms with Crippen LogP contribution in [0.25, 0.3) is 10.9 Å². The zero-order valence-electron chi connectivity index (χ0n) is 17.0. The van der Waals surface area contributed by atoms with Gasteiger partial charge in [-0.25, -0.2) is 0 Å². The highest BCUT2D eigenvalue weighted by atomic mass is 16.6. The molecule has 3 N–H and O–H groups in total. The number of hydrogen-bond acceptors (Lipinski definition) is 4. The van der Waals surface area contributed by atoms with E-state index in [0.717, 1.165) is 22.0 Å². The van der Waals surface area contributed by atoms with E-state index in [9.17, 15) is 9.59 Å². The van der Waals surface area contributed by atoms with Crippen LogP contribution in [0.15, 0.2) is 48.7 Å². The van der Waals surface area contributed by atoms with E-state index in [0.29, 0.717) is 31.1 Å². The molecule has 0 aliphatic carbocycles. The first-order chi connectivity index (χ1) is 14.5. The minimum atomic E-state index is -0.679. The minimum absolute atomic E-state index is 0.238. The summed E-state index contributed by atoms with van der Waals surface area (Å²) in [6, 6.07) is 12.6. The van der Waals surface area contributed by atoms with Crippen LogP contribution in [-0.4, -0.2) is 36.1 Å². The van der Waals surface area contributed by atoms with E-state index in [-0.39, 0.29) is 17.9 Å². The van der Waals surface area contributed by atoms with Gasteiger partial charge < -0.3 is 25.1 Å². The van der Waals surface area contributed by atoms with Crippen molar-refractivity contribution in [3.8, 4) is 11.5 Å². The van der Waals surface area contributed by atoms with Gasteiger partial charge in [-0.2, -0.15) is 0 Å². The van der Waals surface area contributed by atoms with E-state index in [1.807, 2.05) is 55.6 Å². The van der Waals surface area contributed by atoms with Crippen molar-refractivity contribution in [2.24, 2.45) is 0 Å². The number of carbonyl (C=O) groups excluding carboxylic acids is 2. The van der Waals surface area contributed by atoms with Gasteiger partial charge in [0.25, 0.3) is 0 Å². The molecule has 0 radical (unpaired) electrons. The molecule has 4 rings (SSSR count). The lowest BCUT2D eigenvalue weighted by Crippen LogP contribution is -2.47. The summed E-state index contributed by atoms with van der Waals surface area (Å²) in [5, 5.41) is 6.83. The van der Waals surface area contributed by atoms with Gasteiger partial charge in [-0.05, 0) is 36.2 Å². The van der Waals surface area contributed by atoms with Crippen molar-refractivity contribution >= 4 is 22.7 Å². The zero-order valence-corrected chi connectivity index (χ0v) is 17.0. The number of ether oxygens (including phenoxy) is 2. The van der Waals surface area contributed by atoms with Crippen molar-refractivity contribution in [2.45, 2.75) is 32.4 Å². The molecule has 30 heavy (non-hydrogen) atoms. The van der Waals surface area contributed by atoms with E-state index in [2.05, 4.69) is 15.6 Å². The highest BCUT2D eigenvalue weighted by Gasteiger charge is 2.24. The Morgan fingerprint density at radius 1 is 1.07 bits per heavy atom. The van der Waals surface area contributed by atoms with Crippen LogP contribution in [0.3, 0.4) is 0 Å². The standard InChI is InChI=1S/C23H25N3O4/c1-14(16-7-8-21-22(12-16)30-10-9-29-21)25-23(28)20(26-15(2)27)11-17-13-24-19-6-4-3-5-18(17)19/h3-8,12-14,20,24H,9-11H2,1-2H3,(H,25,28)(H,26,27)/t14-,20+/m1/s1. The van der Waals surface area contributed by atoms with Crippen LogP contribution in [-0.2, 0) is 16.0 Å². The highest BCUT2D eigenvalue weighted by Crippen LogP contribution is 2.32. The fourth-order valence-corrected chi connectivity index (χ4v) is 3.70. The molecule has 0 fully saturated rings. The molecule has 2 heterocycles. The molecule has 0 saturated carbocycles. The van der Waals surface area contributed by atoms with Crippen molar-refractivity contribution < 1.29 is 19.1 Å². The summed E-state index contributed by atoms with van der Waals surface area (Å²) in [6.45, 7) is 4.36. The third-order valence-corrected chi connectivity index (χ3v) is 5.22. The van der Waals surface area contributed by atoms with Crippen LogP contribution in [0.5, 0.6) is 11.5 Å². The second-order valence-electron chi connectivity index (χ2n) is 7.45. The molecule has 1 aliphatic heterocycles. The molecule has 0 bridgehead atoms. The molecule has 7 heteroatoms. The molecule has 2 aromatic carbocycles. The maximum atomic E-state index is 13.0. The molecule has 2 atom stereocenters. The Hall–Kier alpha value is -3.48. The third kappa shape index (κ3) is 4.25. The van der Waals surface area contributed by atoms with E-state index in [1.165, 1.54) is 6.92 Å². The van der Waals surface area contributed by atoms with Crippen molar-refractivity contribution in [1.82, 2.24) is 15.6 Å². The van der Waals surface area contributed by atoms with Crippen LogP contribution in [0.1, 0.15) is 31.0 Å². The summed E-state index contributed by atoms with van der Waals surface area (Å²) in [4.78, 5) is 28.0. The Balaban J connectivity index is 1.50. The highest BCUT2D eigenvalue weighted by molar-refractivity contribution is 5.89. The molecule has 0 saturated heterocycles. The summed E-state index contributed by atoms with van der Waals surface area (Å²) in [7, 11) is 0. The lowest BCUT2D eigenvalue weighted by atomic mass is 10.0. The van der Waals surface area contributed by atoms with Crippen molar-refractivity contribution in [3.05, 3.63) is 59.8 Å². The van der Waals surface area contributed by atoms with E-state index in [1.54, 1.807) is 0 Å². The number of para-hydroxylation sites is 1. The van der Waals surface area contributed by atoms with Gasteiger partial charge in [-0.1, -0.05) is 24.3 Å². The summed E-state index contributed by atoms with van der Waals surface area (Å²) < 4.78 is 11.2. The summed E-state index contributed by atoms with van der Waals surface area (Å²) in [5.74, 6) is 0.899. The fourth-order valence-electron chi connectivity index (χ4n) is 3.70. The molecule has 3 aromatic rings. The second-order valence-corrected chi connectivity index (χ2v) is 7.45. The van der Waals surface area contributed by atoms with Gasteiger partial charge in [0.1, 0.15) is 19.3 Å². The molecule has 2 amide bonds. The number of carbonyl (C=O) groups is 2. The first-order valence-corrected chi connectivity index (χ1v) is 10.0. The number of nitrogens with one attached hydrogen (secondary N) is 3. The van der Waals surface area contributed by atoms with Gasteiger partial charge in [-0.3, -0.25) is 9.59 Å². The lowest BCUT2D eigenvalue weighted by molar-refractivity contribution is -0.128. The van der Waals surface area contributed by atoms with Gasteiger partial charge in [0, 0.05) is 30.4 Å². The number of rotatable bonds is 6. The Kier molecular flexibility index (Phi) is 5.61. The Bertz CT molecular complexity index is 1080. The Morgan fingerprint density at radius 2 is 1.83 bits per heavy atom. The molecule has 1 aromatic heterocycles. The number of aromatic nitrogens is 1. The average molecular weight is 407 g/mol. The number of hydrogen-bond donors (Lipinski definition) is 3. The molecule has 156 valence electrons. The van der Waals surface area contributed by atoms with Crippen LogP contribution >= 0.6 is 0 Å². The van der Waals surface area contributed by atoms with E-state index < -0.39 is 6.04 Å². The zero-order chi connectivity index (χ0) is 21.1. The van der Waals surface area contributed by atoms with Crippen LogP contribution in [0, 0.1) is 0 Å². The monoisotopic (exact) mass is 407 g/mol. The molecule has 0 spiro atoms. The number of amides is 2. The quantitative estimate of drug-likeness (QED) is 0.586. The van der Waals surface area contributed by atoms with Crippen molar-refractivity contribution in [1.29, 1.82) is 0 Å². The van der Waals surface area contributed by atoms with Crippen LogP contribution in [0.2, 0.25) is 0 Å². The van der Waals surface area contributed by atoms with Gasteiger partial charge in [0.15, 0.2) is 11.5 Å².